The molecule has 0 saturated carbocycles. The Bertz CT molecular complexity index is 951. The zero-order valence-corrected chi connectivity index (χ0v) is 14.2. The van der Waals surface area contributed by atoms with Crippen LogP contribution in [0.5, 0.6) is 0 Å². The fourth-order valence-corrected chi connectivity index (χ4v) is 2.70. The predicted molar refractivity (Wildman–Crippen MR) is 99.1 cm³/mol. The van der Waals surface area contributed by atoms with Gasteiger partial charge in [0.05, 0.1) is 5.56 Å². The lowest BCUT2D eigenvalue weighted by molar-refractivity contribution is 0.0952. The second kappa shape index (κ2) is 8.25. The van der Waals surface area contributed by atoms with Crippen LogP contribution in [0.15, 0.2) is 77.7 Å². The average Bonchev–Trinajstić information content (AvgIpc) is 2.66. The van der Waals surface area contributed by atoms with Crippen LogP contribution in [0.4, 0.5) is 4.39 Å². The lowest BCUT2D eigenvalue weighted by Crippen LogP contribution is -2.27. The van der Waals surface area contributed by atoms with Crippen molar-refractivity contribution < 1.29 is 9.18 Å². The van der Waals surface area contributed by atoms with Gasteiger partial charge in [-0.1, -0.05) is 30.3 Å². The van der Waals surface area contributed by atoms with Gasteiger partial charge in [0, 0.05) is 24.5 Å². The van der Waals surface area contributed by atoms with Crippen LogP contribution < -0.4 is 10.9 Å². The van der Waals surface area contributed by atoms with Gasteiger partial charge in [0.25, 0.3) is 11.5 Å². The van der Waals surface area contributed by atoms with E-state index < -0.39 is 0 Å². The number of nitrogens with zero attached hydrogens (tertiary/aromatic N) is 1. The Morgan fingerprint density at radius 3 is 2.58 bits per heavy atom. The summed E-state index contributed by atoms with van der Waals surface area (Å²) in [7, 11) is 0. The van der Waals surface area contributed by atoms with Crippen molar-refractivity contribution in [3.8, 4) is 5.69 Å². The summed E-state index contributed by atoms with van der Waals surface area (Å²) in [6.45, 7) is 0.472. The summed E-state index contributed by atoms with van der Waals surface area (Å²) >= 11 is 0. The van der Waals surface area contributed by atoms with E-state index in [1.165, 1.54) is 28.8 Å². The standard InChI is InChI=1S/C21H19FN2O2/c22-18-8-4-6-16(14-18)7-5-13-23-21(26)17-11-12-20(25)24(15-17)19-9-2-1-3-10-19/h1-4,6,8-12,14-15H,5,7,13H2,(H,23,26). The first-order chi connectivity index (χ1) is 12.6. The molecule has 1 heterocycles. The number of aryl methyl sites for hydroxylation is 1. The van der Waals surface area contributed by atoms with E-state index in [0.29, 0.717) is 30.6 Å². The number of rotatable bonds is 6. The SMILES string of the molecule is O=C(NCCCc1cccc(F)c1)c1ccc(=O)n(-c2ccccc2)c1. The largest absolute Gasteiger partial charge is 0.352 e. The maximum atomic E-state index is 13.1. The molecule has 3 rings (SSSR count). The molecule has 26 heavy (non-hydrogen) atoms. The third kappa shape index (κ3) is 4.45. The van der Waals surface area contributed by atoms with Crippen molar-refractivity contribution in [2.24, 2.45) is 0 Å². The van der Waals surface area contributed by atoms with Gasteiger partial charge in [-0.15, -0.1) is 0 Å². The number of hydrogen-bond acceptors (Lipinski definition) is 2. The van der Waals surface area contributed by atoms with Gasteiger partial charge in [0.15, 0.2) is 0 Å². The van der Waals surface area contributed by atoms with E-state index in [1.54, 1.807) is 12.3 Å². The number of pyridine rings is 1. The van der Waals surface area contributed by atoms with Gasteiger partial charge < -0.3 is 5.32 Å². The maximum Gasteiger partial charge on any atom is 0.255 e. The first-order valence-electron chi connectivity index (χ1n) is 8.44. The Morgan fingerprint density at radius 1 is 1.00 bits per heavy atom. The summed E-state index contributed by atoms with van der Waals surface area (Å²) in [6.07, 6.45) is 2.93. The topological polar surface area (TPSA) is 51.1 Å². The minimum Gasteiger partial charge on any atom is -0.352 e. The van der Waals surface area contributed by atoms with E-state index >= 15 is 0 Å². The number of amides is 1. The van der Waals surface area contributed by atoms with Gasteiger partial charge in [0.2, 0.25) is 0 Å². The normalized spacial score (nSPS) is 10.5. The molecule has 4 nitrogen and oxygen atoms in total. The molecule has 5 heteroatoms. The Kier molecular flexibility index (Phi) is 5.59. The van der Waals surface area contributed by atoms with E-state index in [4.69, 9.17) is 0 Å². The quantitative estimate of drug-likeness (QED) is 0.693. The maximum absolute atomic E-state index is 13.1. The monoisotopic (exact) mass is 350 g/mol. The van der Waals surface area contributed by atoms with Crippen LogP contribution in [-0.4, -0.2) is 17.0 Å². The summed E-state index contributed by atoms with van der Waals surface area (Å²) in [6, 6.07) is 18.5. The molecule has 3 aromatic rings. The minimum absolute atomic E-state index is 0.196. The molecule has 1 N–H and O–H groups in total. The number of nitrogens with one attached hydrogen (secondary N) is 1. The van der Waals surface area contributed by atoms with Gasteiger partial charge in [-0.2, -0.15) is 0 Å². The van der Waals surface area contributed by atoms with E-state index in [-0.39, 0.29) is 17.3 Å². The number of benzene rings is 2. The molecule has 0 saturated heterocycles. The molecule has 2 aromatic carbocycles. The van der Waals surface area contributed by atoms with E-state index in [0.717, 1.165) is 5.56 Å². The zero-order valence-electron chi connectivity index (χ0n) is 14.2. The van der Waals surface area contributed by atoms with Crippen LogP contribution in [0.25, 0.3) is 5.69 Å². The summed E-state index contributed by atoms with van der Waals surface area (Å²) in [5, 5.41) is 2.83. The first kappa shape index (κ1) is 17.6. The molecular weight excluding hydrogens is 331 g/mol. The zero-order chi connectivity index (χ0) is 18.4. The highest BCUT2D eigenvalue weighted by Crippen LogP contribution is 2.07. The number of carbonyl (C=O) groups excluding carboxylic acids is 1. The molecule has 0 radical (unpaired) electrons. The molecule has 0 fully saturated rings. The number of hydrogen-bond donors (Lipinski definition) is 1. The van der Waals surface area contributed by atoms with Crippen LogP contribution in [0.2, 0.25) is 0 Å². The molecular formula is C21H19FN2O2. The van der Waals surface area contributed by atoms with Crippen molar-refractivity contribution in [2.75, 3.05) is 6.54 Å². The molecule has 0 atom stereocenters. The second-order valence-electron chi connectivity index (χ2n) is 5.95. The molecule has 0 unspecified atom stereocenters. The van der Waals surface area contributed by atoms with Crippen molar-refractivity contribution >= 4 is 5.91 Å². The number of para-hydroxylation sites is 1. The van der Waals surface area contributed by atoms with Crippen LogP contribution in [0.1, 0.15) is 22.3 Å². The second-order valence-corrected chi connectivity index (χ2v) is 5.95. The summed E-state index contributed by atoms with van der Waals surface area (Å²) in [4.78, 5) is 24.4. The highest BCUT2D eigenvalue weighted by atomic mass is 19.1. The smallest absolute Gasteiger partial charge is 0.255 e. The molecule has 132 valence electrons. The van der Waals surface area contributed by atoms with E-state index in [9.17, 15) is 14.0 Å². The molecule has 0 aliphatic heterocycles. The fraction of sp³-hybridized carbons (Fsp3) is 0.143. The molecule has 0 spiro atoms. The Hall–Kier alpha value is -3.21. The molecule has 0 aliphatic rings. The third-order valence-corrected chi connectivity index (χ3v) is 4.02. The van der Waals surface area contributed by atoms with Gasteiger partial charge in [-0.3, -0.25) is 14.2 Å². The highest BCUT2D eigenvalue weighted by molar-refractivity contribution is 5.93. The average molecular weight is 350 g/mol. The van der Waals surface area contributed by atoms with Crippen molar-refractivity contribution in [1.82, 2.24) is 9.88 Å². The van der Waals surface area contributed by atoms with Crippen LogP contribution in [-0.2, 0) is 6.42 Å². The lowest BCUT2D eigenvalue weighted by Gasteiger charge is -2.09. The molecule has 1 amide bonds. The number of halogens is 1. The van der Waals surface area contributed by atoms with E-state index in [2.05, 4.69) is 5.32 Å². The molecule has 1 aromatic heterocycles. The minimum atomic E-state index is -0.255. The van der Waals surface area contributed by atoms with Gasteiger partial charge in [-0.05, 0) is 48.7 Å². The number of aromatic nitrogens is 1. The summed E-state index contributed by atoms with van der Waals surface area (Å²) in [5.41, 5.74) is 1.83. The van der Waals surface area contributed by atoms with Gasteiger partial charge >= 0.3 is 0 Å². The lowest BCUT2D eigenvalue weighted by atomic mass is 10.1. The van der Waals surface area contributed by atoms with Gasteiger partial charge in [0.1, 0.15) is 5.82 Å². The van der Waals surface area contributed by atoms with Crippen LogP contribution >= 0.6 is 0 Å². The summed E-state index contributed by atoms with van der Waals surface area (Å²) < 4.78 is 14.6. The fourth-order valence-electron chi connectivity index (χ4n) is 2.70. The predicted octanol–water partition coefficient (Wildman–Crippen LogP) is 3.34. The Morgan fingerprint density at radius 2 is 1.81 bits per heavy atom. The highest BCUT2D eigenvalue weighted by Gasteiger charge is 2.08. The number of carbonyl (C=O) groups is 1. The van der Waals surface area contributed by atoms with Crippen molar-refractivity contribution in [3.05, 3.63) is 100 Å². The third-order valence-electron chi connectivity index (χ3n) is 4.02. The van der Waals surface area contributed by atoms with Gasteiger partial charge in [-0.25, -0.2) is 4.39 Å². The Labute approximate surface area is 150 Å². The first-order valence-corrected chi connectivity index (χ1v) is 8.44. The van der Waals surface area contributed by atoms with Crippen molar-refractivity contribution in [1.29, 1.82) is 0 Å². The molecule has 0 aliphatic carbocycles. The van der Waals surface area contributed by atoms with E-state index in [1.807, 2.05) is 36.4 Å². The van der Waals surface area contributed by atoms with Crippen molar-refractivity contribution in [3.63, 3.8) is 0 Å². The summed E-state index contributed by atoms with van der Waals surface area (Å²) in [5.74, 6) is -0.497. The molecule has 0 bridgehead atoms. The van der Waals surface area contributed by atoms with Crippen molar-refractivity contribution in [2.45, 2.75) is 12.8 Å². The Balaban J connectivity index is 1.61. The van der Waals surface area contributed by atoms with Crippen LogP contribution in [0.3, 0.4) is 0 Å². The van der Waals surface area contributed by atoms with Crippen LogP contribution in [0, 0.1) is 5.82 Å².